The number of anilines is 4. The maximum Gasteiger partial charge on any atom is 0.258 e. The van der Waals surface area contributed by atoms with Gasteiger partial charge in [0, 0.05) is 39.0 Å². The number of nitrogens with zero attached hydrogens (tertiary/aromatic N) is 3. The average molecular weight is 594 g/mol. The van der Waals surface area contributed by atoms with Crippen molar-refractivity contribution in [2.45, 2.75) is 51.4 Å². The molecule has 3 heterocycles. The lowest BCUT2D eigenvalue weighted by Crippen LogP contribution is -2.40. The summed E-state index contributed by atoms with van der Waals surface area (Å²) in [4.78, 5) is 22.0. The molecule has 0 atom stereocenters. The molecule has 5 rings (SSSR count). The van der Waals surface area contributed by atoms with E-state index in [0.717, 1.165) is 25.9 Å². The highest BCUT2D eigenvalue weighted by Crippen LogP contribution is 2.54. The number of piperidine rings is 2. The maximum absolute atomic E-state index is 13.8. The molecule has 1 aromatic carbocycles. The Labute approximate surface area is 239 Å². The minimum Gasteiger partial charge on any atom is -0.490 e. The van der Waals surface area contributed by atoms with Gasteiger partial charge in [0.25, 0.3) is 11.8 Å². The second-order valence-electron chi connectivity index (χ2n) is 11.1. The number of sulfonamides is 1. The molecule has 1 spiro atoms. The molecular weight excluding hydrogens is 556 g/mol. The van der Waals surface area contributed by atoms with E-state index in [1.54, 1.807) is 29.2 Å². The van der Waals surface area contributed by atoms with Crippen LogP contribution in [0.3, 0.4) is 0 Å². The average Bonchev–Trinajstić information content (AvgIpc) is 3.68. The van der Waals surface area contributed by atoms with Crippen molar-refractivity contribution < 1.29 is 31.8 Å². The largest absolute Gasteiger partial charge is 0.490 e. The predicted octanol–water partition coefficient (Wildman–Crippen LogP) is 4.08. The van der Waals surface area contributed by atoms with E-state index in [9.17, 15) is 22.0 Å². The van der Waals surface area contributed by atoms with Crippen molar-refractivity contribution >= 4 is 38.9 Å². The van der Waals surface area contributed by atoms with Crippen LogP contribution in [0.25, 0.3) is 0 Å². The highest BCUT2D eigenvalue weighted by atomic mass is 32.2. The van der Waals surface area contributed by atoms with Crippen LogP contribution >= 0.6 is 0 Å². The van der Waals surface area contributed by atoms with Crippen LogP contribution in [0.2, 0.25) is 0 Å². The van der Waals surface area contributed by atoms with Crippen molar-refractivity contribution in [2.24, 2.45) is 5.41 Å². The van der Waals surface area contributed by atoms with Gasteiger partial charge in [0.05, 0.1) is 35.9 Å². The SMILES string of the molecule is CCOc1ccc(NC(=O)c2ccc(NS(=O)(=O)CCO)cc2N2CCC3(CC2)CC3)nc1N1CCC(F)(F)CC1. The van der Waals surface area contributed by atoms with Crippen molar-refractivity contribution in [3.63, 3.8) is 0 Å². The molecule has 0 unspecified atom stereocenters. The molecule has 0 radical (unpaired) electrons. The van der Waals surface area contributed by atoms with Crippen LogP contribution < -0.4 is 24.6 Å². The molecule has 3 N–H and O–H groups in total. The standard InChI is InChI=1S/C28H37F2N5O5S/c1-2-40-23-5-6-24(31-25(23)35-15-11-28(29,30)12-16-35)32-26(37)21-4-3-20(33-41(38,39)18-17-36)19-22(21)34-13-9-27(7-8-27)10-14-34/h3-6,19,33,36H,2,7-18H2,1H3,(H,31,32,37). The van der Waals surface area contributed by atoms with Crippen LogP contribution in [0.4, 0.5) is 31.8 Å². The number of carbonyl (C=O) groups is 1. The molecule has 1 amide bonds. The fourth-order valence-electron chi connectivity index (χ4n) is 5.53. The summed E-state index contributed by atoms with van der Waals surface area (Å²) >= 11 is 0. The lowest BCUT2D eigenvalue weighted by molar-refractivity contribution is -0.0222. The number of ether oxygens (including phenoxy) is 1. The number of carbonyl (C=O) groups excluding carboxylic acids is 1. The first kappa shape index (κ1) is 29.3. The van der Waals surface area contributed by atoms with Crippen LogP contribution in [0.5, 0.6) is 5.75 Å². The number of aliphatic hydroxyl groups excluding tert-OH is 1. The Morgan fingerprint density at radius 3 is 2.34 bits per heavy atom. The molecule has 1 aromatic heterocycles. The molecule has 10 nitrogen and oxygen atoms in total. The summed E-state index contributed by atoms with van der Waals surface area (Å²) in [6.45, 7) is 3.42. The van der Waals surface area contributed by atoms with E-state index >= 15 is 0 Å². The first-order valence-corrected chi connectivity index (χ1v) is 15.8. The number of hydrogen-bond acceptors (Lipinski definition) is 8. The predicted molar refractivity (Wildman–Crippen MR) is 154 cm³/mol. The first-order valence-electron chi connectivity index (χ1n) is 14.1. The first-order chi connectivity index (χ1) is 19.5. The molecule has 41 heavy (non-hydrogen) atoms. The topological polar surface area (TPSA) is 124 Å². The Hall–Kier alpha value is -3.19. The van der Waals surface area contributed by atoms with Gasteiger partial charge in [-0.05, 0) is 68.4 Å². The second kappa shape index (κ2) is 11.6. The summed E-state index contributed by atoms with van der Waals surface area (Å²) < 4.78 is 60.3. The summed E-state index contributed by atoms with van der Waals surface area (Å²) in [5.74, 6) is -2.46. The van der Waals surface area contributed by atoms with Crippen LogP contribution in [0.15, 0.2) is 30.3 Å². The third-order valence-corrected chi connectivity index (χ3v) is 9.44. The highest BCUT2D eigenvalue weighted by Gasteiger charge is 2.44. The van der Waals surface area contributed by atoms with E-state index in [1.165, 1.54) is 18.9 Å². The van der Waals surface area contributed by atoms with Gasteiger partial charge in [0.1, 0.15) is 5.82 Å². The molecule has 1 aliphatic carbocycles. The number of pyridine rings is 1. The zero-order chi connectivity index (χ0) is 29.3. The number of hydrogen-bond donors (Lipinski definition) is 3. The fourth-order valence-corrected chi connectivity index (χ4v) is 6.36. The van der Waals surface area contributed by atoms with Crippen LogP contribution in [0, 0.1) is 5.41 Å². The van der Waals surface area contributed by atoms with Crippen LogP contribution in [-0.4, -0.2) is 75.5 Å². The number of rotatable bonds is 10. The minimum absolute atomic E-state index is 0.117. The number of nitrogens with one attached hydrogen (secondary N) is 2. The molecule has 2 saturated heterocycles. The lowest BCUT2D eigenvalue weighted by atomic mass is 9.93. The molecule has 224 valence electrons. The molecule has 1 saturated carbocycles. The molecule has 13 heteroatoms. The van der Waals surface area contributed by atoms with Crippen LogP contribution in [0.1, 0.15) is 55.8 Å². The quantitative estimate of drug-likeness (QED) is 0.377. The summed E-state index contributed by atoms with van der Waals surface area (Å²) in [6, 6.07) is 8.03. The van der Waals surface area contributed by atoms with Gasteiger partial charge < -0.3 is 25.0 Å². The second-order valence-corrected chi connectivity index (χ2v) is 13.0. The molecule has 3 aliphatic rings. The molecule has 2 aromatic rings. The van der Waals surface area contributed by atoms with Crippen molar-refractivity contribution in [3.8, 4) is 5.75 Å². The van der Waals surface area contributed by atoms with Crippen molar-refractivity contribution in [1.82, 2.24) is 4.98 Å². The van der Waals surface area contributed by atoms with Crippen molar-refractivity contribution in [2.75, 3.05) is 65.0 Å². The summed E-state index contributed by atoms with van der Waals surface area (Å²) in [7, 11) is -3.75. The number of aliphatic hydroxyl groups is 1. The van der Waals surface area contributed by atoms with Gasteiger partial charge in [-0.25, -0.2) is 22.2 Å². The zero-order valence-corrected chi connectivity index (χ0v) is 24.0. The molecule has 3 fully saturated rings. The Balaban J connectivity index is 1.40. The van der Waals surface area contributed by atoms with Crippen LogP contribution in [-0.2, 0) is 10.0 Å². The monoisotopic (exact) mass is 593 g/mol. The highest BCUT2D eigenvalue weighted by molar-refractivity contribution is 7.92. The Kier molecular flexibility index (Phi) is 8.29. The summed E-state index contributed by atoms with van der Waals surface area (Å²) in [5.41, 5.74) is 1.67. The van der Waals surface area contributed by atoms with E-state index in [0.29, 0.717) is 40.5 Å². The molecule has 0 bridgehead atoms. The Bertz CT molecular complexity index is 1370. The Morgan fingerprint density at radius 1 is 1.02 bits per heavy atom. The number of halogens is 2. The summed E-state index contributed by atoms with van der Waals surface area (Å²) in [6.07, 6.45) is 3.88. The maximum atomic E-state index is 13.8. The smallest absolute Gasteiger partial charge is 0.258 e. The van der Waals surface area contributed by atoms with E-state index in [4.69, 9.17) is 9.84 Å². The Morgan fingerprint density at radius 2 is 1.71 bits per heavy atom. The minimum atomic E-state index is -3.75. The van der Waals surface area contributed by atoms with Gasteiger partial charge in [0.2, 0.25) is 10.0 Å². The number of amides is 1. The van der Waals surface area contributed by atoms with Crippen molar-refractivity contribution in [1.29, 1.82) is 0 Å². The molecular formula is C28H37F2N5O5S. The fraction of sp³-hybridized carbons (Fsp3) is 0.571. The van der Waals surface area contributed by atoms with Gasteiger partial charge in [-0.15, -0.1) is 0 Å². The van der Waals surface area contributed by atoms with Gasteiger partial charge in [-0.3, -0.25) is 9.52 Å². The normalized spacial score (nSPS) is 19.6. The lowest BCUT2D eigenvalue weighted by Gasteiger charge is -2.35. The van der Waals surface area contributed by atoms with Gasteiger partial charge in [-0.2, -0.15) is 0 Å². The number of benzene rings is 1. The van der Waals surface area contributed by atoms with Gasteiger partial charge in [-0.1, -0.05) is 0 Å². The molecule has 2 aliphatic heterocycles. The third kappa shape index (κ3) is 7.00. The van der Waals surface area contributed by atoms with Crippen molar-refractivity contribution in [3.05, 3.63) is 35.9 Å². The number of aromatic nitrogens is 1. The van der Waals surface area contributed by atoms with E-state index in [-0.39, 0.29) is 31.7 Å². The van der Waals surface area contributed by atoms with E-state index in [2.05, 4.69) is 19.9 Å². The summed E-state index contributed by atoms with van der Waals surface area (Å²) in [5, 5.41) is 11.9. The van der Waals surface area contributed by atoms with Gasteiger partial charge >= 0.3 is 0 Å². The number of alkyl halides is 2. The van der Waals surface area contributed by atoms with E-state index in [1.807, 2.05) is 6.92 Å². The zero-order valence-electron chi connectivity index (χ0n) is 23.2. The van der Waals surface area contributed by atoms with Gasteiger partial charge in [0.15, 0.2) is 11.6 Å². The third-order valence-electron chi connectivity index (χ3n) is 8.17. The van der Waals surface area contributed by atoms with E-state index < -0.39 is 34.2 Å².